The fraction of sp³-hybridized carbons (Fsp3) is 0.273. The second-order valence-corrected chi connectivity index (χ2v) is 8.22. The first kappa shape index (κ1) is 21.7. The first-order valence-corrected chi connectivity index (χ1v) is 11.0. The molecule has 32 heavy (non-hydrogen) atoms. The third-order valence-electron chi connectivity index (χ3n) is 4.79. The van der Waals surface area contributed by atoms with E-state index >= 15 is 0 Å². The minimum Gasteiger partial charge on any atom is -0.496 e. The molecule has 0 radical (unpaired) electrons. The molecule has 2 N–H and O–H groups in total. The van der Waals surface area contributed by atoms with Gasteiger partial charge in [0.1, 0.15) is 18.1 Å². The molecule has 0 saturated carbocycles. The Morgan fingerprint density at radius 1 is 1.09 bits per heavy atom. The molecule has 0 aliphatic heterocycles. The number of hydrogen-bond donors (Lipinski definition) is 1. The standard InChI is InChI=1S/C22H24N6O3S/c1-14(2)15-8-10-16(11-9-15)30-12-19-25-26-22(28(19)23)32-13-20-24-21(27-31-20)17-6-4-5-7-18(17)29-3/h4-11,14H,12-13,23H2,1-3H3. The lowest BCUT2D eigenvalue weighted by Crippen LogP contribution is -2.15. The first-order chi connectivity index (χ1) is 15.5. The van der Waals surface area contributed by atoms with Gasteiger partial charge >= 0.3 is 0 Å². The molecule has 4 aromatic rings. The Morgan fingerprint density at radius 3 is 2.62 bits per heavy atom. The molecular weight excluding hydrogens is 428 g/mol. The van der Waals surface area contributed by atoms with Crippen LogP contribution in [0.15, 0.2) is 58.2 Å². The van der Waals surface area contributed by atoms with Gasteiger partial charge in [-0.2, -0.15) is 4.98 Å². The molecule has 0 aliphatic rings. The van der Waals surface area contributed by atoms with Crippen molar-refractivity contribution >= 4 is 11.8 Å². The van der Waals surface area contributed by atoms with Crippen molar-refractivity contribution in [2.24, 2.45) is 0 Å². The van der Waals surface area contributed by atoms with Crippen LogP contribution in [0.1, 0.15) is 37.0 Å². The van der Waals surface area contributed by atoms with Gasteiger partial charge in [-0.05, 0) is 35.7 Å². The highest BCUT2D eigenvalue weighted by molar-refractivity contribution is 7.98. The molecule has 0 amide bonds. The topological polar surface area (TPSA) is 114 Å². The number of nitrogens with zero attached hydrogens (tertiary/aromatic N) is 5. The summed E-state index contributed by atoms with van der Waals surface area (Å²) in [7, 11) is 1.60. The molecule has 2 aromatic heterocycles. The third-order valence-corrected chi connectivity index (χ3v) is 5.72. The Kier molecular flexibility index (Phi) is 6.60. The van der Waals surface area contributed by atoms with Crippen LogP contribution in [0.2, 0.25) is 0 Å². The van der Waals surface area contributed by atoms with E-state index in [-0.39, 0.29) is 6.61 Å². The summed E-state index contributed by atoms with van der Waals surface area (Å²) in [6, 6.07) is 15.5. The molecule has 166 valence electrons. The Morgan fingerprint density at radius 2 is 1.88 bits per heavy atom. The SMILES string of the molecule is COc1ccccc1-c1noc(CSc2nnc(COc3ccc(C(C)C)cc3)n2N)n1. The zero-order valence-corrected chi connectivity index (χ0v) is 18.9. The van der Waals surface area contributed by atoms with Gasteiger partial charge in [0.25, 0.3) is 0 Å². The van der Waals surface area contributed by atoms with E-state index in [0.717, 1.165) is 11.3 Å². The van der Waals surface area contributed by atoms with Crippen molar-refractivity contribution in [1.29, 1.82) is 0 Å². The summed E-state index contributed by atoms with van der Waals surface area (Å²) in [4.78, 5) is 4.43. The van der Waals surface area contributed by atoms with Gasteiger partial charge in [0.15, 0.2) is 5.82 Å². The normalized spacial score (nSPS) is 11.1. The van der Waals surface area contributed by atoms with Crippen LogP contribution in [-0.4, -0.2) is 32.1 Å². The summed E-state index contributed by atoms with van der Waals surface area (Å²) in [6.45, 7) is 4.52. The number of methoxy groups -OCH3 is 1. The van der Waals surface area contributed by atoms with Crippen LogP contribution < -0.4 is 15.3 Å². The molecule has 0 fully saturated rings. The maximum Gasteiger partial charge on any atom is 0.237 e. The zero-order chi connectivity index (χ0) is 22.5. The van der Waals surface area contributed by atoms with Gasteiger partial charge in [0.2, 0.25) is 16.9 Å². The van der Waals surface area contributed by atoms with E-state index in [9.17, 15) is 0 Å². The molecule has 0 unspecified atom stereocenters. The van der Waals surface area contributed by atoms with Crippen molar-refractivity contribution in [3.63, 3.8) is 0 Å². The smallest absolute Gasteiger partial charge is 0.237 e. The highest BCUT2D eigenvalue weighted by atomic mass is 32.2. The molecule has 4 rings (SSSR count). The lowest BCUT2D eigenvalue weighted by atomic mass is 10.0. The van der Waals surface area contributed by atoms with Gasteiger partial charge < -0.3 is 19.8 Å². The second-order valence-electron chi connectivity index (χ2n) is 7.28. The van der Waals surface area contributed by atoms with E-state index in [1.165, 1.54) is 22.0 Å². The Bertz CT molecular complexity index is 1170. The van der Waals surface area contributed by atoms with Gasteiger partial charge in [-0.1, -0.05) is 55.0 Å². The highest BCUT2D eigenvalue weighted by Gasteiger charge is 2.16. The van der Waals surface area contributed by atoms with E-state index in [1.807, 2.05) is 36.4 Å². The molecule has 0 aliphatic carbocycles. The minimum atomic E-state index is 0.212. The molecule has 9 nitrogen and oxygen atoms in total. The minimum absolute atomic E-state index is 0.212. The Labute approximate surface area is 189 Å². The average Bonchev–Trinajstić information content (AvgIpc) is 3.43. The number of rotatable bonds is 9. The second kappa shape index (κ2) is 9.73. The van der Waals surface area contributed by atoms with Crippen molar-refractivity contribution in [3.05, 3.63) is 65.8 Å². The van der Waals surface area contributed by atoms with Crippen molar-refractivity contribution < 1.29 is 14.0 Å². The van der Waals surface area contributed by atoms with Gasteiger partial charge in [-0.15, -0.1) is 10.2 Å². The monoisotopic (exact) mass is 452 g/mol. The van der Waals surface area contributed by atoms with Crippen LogP contribution in [0.4, 0.5) is 0 Å². The van der Waals surface area contributed by atoms with Crippen LogP contribution in [0, 0.1) is 0 Å². The molecule has 2 heterocycles. The van der Waals surface area contributed by atoms with Gasteiger partial charge in [0.05, 0.1) is 18.4 Å². The van der Waals surface area contributed by atoms with E-state index in [2.05, 4.69) is 46.3 Å². The third kappa shape index (κ3) is 4.86. The number of para-hydroxylation sites is 1. The number of benzene rings is 2. The van der Waals surface area contributed by atoms with Crippen LogP contribution in [0.5, 0.6) is 11.5 Å². The molecule has 0 atom stereocenters. The van der Waals surface area contributed by atoms with E-state index in [4.69, 9.17) is 19.8 Å². The van der Waals surface area contributed by atoms with Crippen molar-refractivity contribution in [1.82, 2.24) is 25.0 Å². The number of hydrogen-bond acceptors (Lipinski definition) is 9. The van der Waals surface area contributed by atoms with Crippen molar-refractivity contribution in [2.75, 3.05) is 13.0 Å². The van der Waals surface area contributed by atoms with Crippen LogP contribution in [0.25, 0.3) is 11.4 Å². The zero-order valence-electron chi connectivity index (χ0n) is 18.1. The Balaban J connectivity index is 1.36. The predicted octanol–water partition coefficient (Wildman–Crippen LogP) is 4.05. The fourth-order valence-electron chi connectivity index (χ4n) is 2.98. The molecule has 0 bridgehead atoms. The van der Waals surface area contributed by atoms with E-state index in [1.54, 1.807) is 7.11 Å². The van der Waals surface area contributed by atoms with Crippen LogP contribution in [-0.2, 0) is 12.4 Å². The van der Waals surface area contributed by atoms with Crippen molar-refractivity contribution in [2.45, 2.75) is 37.3 Å². The lowest BCUT2D eigenvalue weighted by Gasteiger charge is -2.08. The van der Waals surface area contributed by atoms with Gasteiger partial charge in [-0.3, -0.25) is 0 Å². The highest BCUT2D eigenvalue weighted by Crippen LogP contribution is 2.28. The Hall–Kier alpha value is -3.53. The number of aromatic nitrogens is 5. The molecule has 10 heteroatoms. The van der Waals surface area contributed by atoms with E-state index in [0.29, 0.717) is 40.1 Å². The molecule has 0 spiro atoms. The maximum absolute atomic E-state index is 6.14. The molecule has 2 aromatic carbocycles. The number of thioether (sulfide) groups is 1. The maximum atomic E-state index is 6.14. The molecule has 0 saturated heterocycles. The largest absolute Gasteiger partial charge is 0.496 e. The summed E-state index contributed by atoms with van der Waals surface area (Å²) < 4.78 is 17.9. The summed E-state index contributed by atoms with van der Waals surface area (Å²) in [5, 5.41) is 12.8. The first-order valence-electron chi connectivity index (χ1n) is 10.1. The lowest BCUT2D eigenvalue weighted by molar-refractivity contribution is 0.291. The number of nitrogens with two attached hydrogens (primary N) is 1. The van der Waals surface area contributed by atoms with Crippen LogP contribution in [0.3, 0.4) is 0 Å². The van der Waals surface area contributed by atoms with Gasteiger partial charge in [-0.25, -0.2) is 4.68 Å². The summed E-state index contributed by atoms with van der Waals surface area (Å²) in [5.41, 5.74) is 2.02. The van der Waals surface area contributed by atoms with Crippen molar-refractivity contribution in [3.8, 4) is 22.9 Å². The summed E-state index contributed by atoms with van der Waals surface area (Å²) >= 11 is 1.35. The molecular formula is C22H24N6O3S. The number of nitrogen functional groups attached to an aromatic ring is 1. The quantitative estimate of drug-likeness (QED) is 0.297. The summed E-state index contributed by atoms with van der Waals surface area (Å²) in [5.74, 6) is 9.86. The average molecular weight is 453 g/mol. The fourth-order valence-corrected chi connectivity index (χ4v) is 3.69. The van der Waals surface area contributed by atoms with E-state index < -0.39 is 0 Å². The van der Waals surface area contributed by atoms with Gasteiger partial charge in [0, 0.05) is 0 Å². The van der Waals surface area contributed by atoms with Crippen LogP contribution >= 0.6 is 11.8 Å². The number of ether oxygens (including phenoxy) is 2. The summed E-state index contributed by atoms with van der Waals surface area (Å²) in [6.07, 6.45) is 0. The predicted molar refractivity (Wildman–Crippen MR) is 121 cm³/mol.